The number of non-ortho nitro benzene ring substituents is 1. The summed E-state index contributed by atoms with van der Waals surface area (Å²) in [5.41, 5.74) is 1.04. The summed E-state index contributed by atoms with van der Waals surface area (Å²) in [4.78, 5) is 40.1. The Labute approximate surface area is 277 Å². The average Bonchev–Trinajstić information content (AvgIpc) is 3.03. The van der Waals surface area contributed by atoms with Crippen molar-refractivity contribution in [3.63, 3.8) is 0 Å². The number of amides is 2. The van der Waals surface area contributed by atoms with Gasteiger partial charge in [-0.25, -0.2) is 8.42 Å². The molecule has 4 aromatic carbocycles. The third kappa shape index (κ3) is 8.63. The molecule has 13 heteroatoms. The molecule has 1 N–H and O–H groups in total. The van der Waals surface area contributed by atoms with Gasteiger partial charge in [-0.15, -0.1) is 0 Å². The SMILES string of the molecule is CC(C)NC(=O)[C@@H](Cc1ccccc1)N(Cc1ccc(Cl)cc1Cl)C(=O)CN(c1ccc([N+](=O)[O-])cc1)S(=O)(=O)c1ccccc1. The lowest BCUT2D eigenvalue weighted by Crippen LogP contribution is -2.54. The molecule has 1 atom stereocenters. The summed E-state index contributed by atoms with van der Waals surface area (Å²) < 4.78 is 28.9. The van der Waals surface area contributed by atoms with Gasteiger partial charge < -0.3 is 10.2 Å². The molecule has 0 saturated heterocycles. The highest BCUT2D eigenvalue weighted by Crippen LogP contribution is 2.28. The Morgan fingerprint density at radius 1 is 0.891 bits per heavy atom. The molecule has 0 fully saturated rings. The summed E-state index contributed by atoms with van der Waals surface area (Å²) in [5.74, 6) is -1.14. The van der Waals surface area contributed by atoms with Crippen LogP contribution in [0.15, 0.2) is 108 Å². The number of hydrogen-bond acceptors (Lipinski definition) is 6. The third-order valence-corrected chi connectivity index (χ3v) is 9.39. The van der Waals surface area contributed by atoms with Crippen molar-refractivity contribution in [1.29, 1.82) is 0 Å². The van der Waals surface area contributed by atoms with Crippen molar-refractivity contribution < 1.29 is 22.9 Å². The van der Waals surface area contributed by atoms with Crippen LogP contribution in [0.3, 0.4) is 0 Å². The predicted octanol–water partition coefficient (Wildman–Crippen LogP) is 6.26. The second-order valence-corrected chi connectivity index (χ2v) is 13.4. The van der Waals surface area contributed by atoms with Gasteiger partial charge in [-0.1, -0.05) is 77.8 Å². The van der Waals surface area contributed by atoms with E-state index in [1.54, 1.807) is 44.2 Å². The number of hydrogen-bond donors (Lipinski definition) is 1. The van der Waals surface area contributed by atoms with Gasteiger partial charge >= 0.3 is 0 Å². The van der Waals surface area contributed by atoms with Gasteiger partial charge in [0, 0.05) is 41.2 Å². The molecular formula is C33H32Cl2N4O6S. The second kappa shape index (κ2) is 15.2. The first-order valence-electron chi connectivity index (χ1n) is 14.3. The van der Waals surface area contributed by atoms with Crippen molar-refractivity contribution in [2.75, 3.05) is 10.8 Å². The Kier molecular flexibility index (Phi) is 11.4. The van der Waals surface area contributed by atoms with Crippen LogP contribution < -0.4 is 9.62 Å². The molecule has 0 saturated carbocycles. The van der Waals surface area contributed by atoms with Gasteiger partial charge in [0.15, 0.2) is 0 Å². The molecule has 240 valence electrons. The first-order valence-corrected chi connectivity index (χ1v) is 16.5. The molecule has 4 aromatic rings. The number of nitro benzene ring substituents is 1. The van der Waals surface area contributed by atoms with E-state index in [0.29, 0.717) is 10.6 Å². The molecule has 0 aliphatic heterocycles. The summed E-state index contributed by atoms with van der Waals surface area (Å²) in [6.45, 7) is 2.72. The standard InChI is InChI=1S/C33H32Cl2N4O6S/c1-23(2)36-33(41)31(19-24-9-5-3-6-10-24)37(21-25-13-14-26(34)20-30(25)35)32(40)22-38(27-15-17-28(18-16-27)39(42)43)46(44,45)29-11-7-4-8-12-29/h3-18,20,23,31H,19,21-22H2,1-2H3,(H,36,41)/t31-/m1/s1. The zero-order valence-corrected chi connectivity index (χ0v) is 27.4. The van der Waals surface area contributed by atoms with Crippen LogP contribution >= 0.6 is 23.2 Å². The number of nitrogens with one attached hydrogen (secondary N) is 1. The highest BCUT2D eigenvalue weighted by molar-refractivity contribution is 7.92. The van der Waals surface area contributed by atoms with E-state index in [1.807, 2.05) is 30.3 Å². The minimum Gasteiger partial charge on any atom is -0.352 e. The van der Waals surface area contributed by atoms with E-state index in [9.17, 15) is 28.1 Å². The van der Waals surface area contributed by atoms with Gasteiger partial charge in [0.2, 0.25) is 11.8 Å². The van der Waals surface area contributed by atoms with Gasteiger partial charge in [0.05, 0.1) is 15.5 Å². The van der Waals surface area contributed by atoms with Crippen molar-refractivity contribution in [3.05, 3.63) is 134 Å². The second-order valence-electron chi connectivity index (χ2n) is 10.7. The summed E-state index contributed by atoms with van der Waals surface area (Å²) in [6.07, 6.45) is 0.124. The maximum Gasteiger partial charge on any atom is 0.269 e. The molecule has 0 heterocycles. The van der Waals surface area contributed by atoms with Crippen LogP contribution in [0.2, 0.25) is 10.0 Å². The Bertz CT molecular complexity index is 1790. The van der Waals surface area contributed by atoms with E-state index in [1.165, 1.54) is 35.2 Å². The maximum atomic E-state index is 14.4. The smallest absolute Gasteiger partial charge is 0.269 e. The number of sulfonamides is 1. The lowest BCUT2D eigenvalue weighted by Gasteiger charge is -2.34. The summed E-state index contributed by atoms with van der Waals surface area (Å²) in [5, 5.41) is 14.8. The van der Waals surface area contributed by atoms with Crippen LogP contribution in [0.4, 0.5) is 11.4 Å². The molecule has 0 aromatic heterocycles. The molecule has 10 nitrogen and oxygen atoms in total. The van der Waals surface area contributed by atoms with Gasteiger partial charge in [-0.3, -0.25) is 24.0 Å². The van der Waals surface area contributed by atoms with Crippen LogP contribution in [0.1, 0.15) is 25.0 Å². The molecule has 2 amide bonds. The molecule has 0 radical (unpaired) electrons. The predicted molar refractivity (Wildman–Crippen MR) is 178 cm³/mol. The van der Waals surface area contributed by atoms with Gasteiger partial charge in [-0.2, -0.15) is 0 Å². The van der Waals surface area contributed by atoms with Crippen molar-refractivity contribution in [2.45, 2.75) is 43.8 Å². The molecule has 0 aliphatic carbocycles. The normalized spacial score (nSPS) is 11.9. The van der Waals surface area contributed by atoms with Crippen LogP contribution in [0.25, 0.3) is 0 Å². The average molecular weight is 684 g/mol. The minimum absolute atomic E-state index is 0.0264. The van der Waals surface area contributed by atoms with Crippen molar-refractivity contribution in [3.8, 4) is 0 Å². The number of nitro groups is 1. The van der Waals surface area contributed by atoms with Crippen molar-refractivity contribution >= 4 is 56.4 Å². The van der Waals surface area contributed by atoms with Crippen LogP contribution in [-0.4, -0.2) is 48.7 Å². The fourth-order valence-corrected chi connectivity index (χ4v) is 6.66. The van der Waals surface area contributed by atoms with Crippen molar-refractivity contribution in [2.24, 2.45) is 0 Å². The molecule has 0 unspecified atom stereocenters. The van der Waals surface area contributed by atoms with E-state index in [2.05, 4.69) is 5.32 Å². The van der Waals surface area contributed by atoms with E-state index in [4.69, 9.17) is 23.2 Å². The Morgan fingerprint density at radius 2 is 1.50 bits per heavy atom. The van der Waals surface area contributed by atoms with Crippen molar-refractivity contribution in [1.82, 2.24) is 10.2 Å². The third-order valence-electron chi connectivity index (χ3n) is 7.02. The summed E-state index contributed by atoms with van der Waals surface area (Å²) in [7, 11) is -4.35. The number of benzene rings is 4. The largest absolute Gasteiger partial charge is 0.352 e. The Balaban J connectivity index is 1.83. The minimum atomic E-state index is -4.35. The fraction of sp³-hybridized carbons (Fsp3) is 0.212. The molecular weight excluding hydrogens is 651 g/mol. The molecule has 0 bridgehead atoms. The first-order chi connectivity index (χ1) is 21.9. The van der Waals surface area contributed by atoms with E-state index in [0.717, 1.165) is 22.0 Å². The summed E-state index contributed by atoms with van der Waals surface area (Å²) in [6, 6.07) is 24.9. The maximum absolute atomic E-state index is 14.4. The van der Waals surface area contributed by atoms with E-state index in [-0.39, 0.29) is 40.3 Å². The number of carbonyl (C=O) groups is 2. The Morgan fingerprint density at radius 3 is 2.07 bits per heavy atom. The number of carbonyl (C=O) groups excluding carboxylic acids is 2. The zero-order valence-electron chi connectivity index (χ0n) is 25.0. The quantitative estimate of drug-likeness (QED) is 0.131. The van der Waals surface area contributed by atoms with Gasteiger partial charge in [0.25, 0.3) is 15.7 Å². The topological polar surface area (TPSA) is 130 Å². The van der Waals surface area contributed by atoms with E-state index < -0.39 is 39.3 Å². The van der Waals surface area contributed by atoms with Gasteiger partial charge in [0.1, 0.15) is 12.6 Å². The highest BCUT2D eigenvalue weighted by atomic mass is 35.5. The fourth-order valence-electron chi connectivity index (χ4n) is 4.76. The number of nitrogens with zero attached hydrogens (tertiary/aromatic N) is 3. The number of anilines is 1. The van der Waals surface area contributed by atoms with Gasteiger partial charge in [-0.05, 0) is 61.4 Å². The molecule has 0 spiro atoms. The van der Waals surface area contributed by atoms with Crippen LogP contribution in [0.5, 0.6) is 0 Å². The van der Waals surface area contributed by atoms with E-state index >= 15 is 0 Å². The molecule has 0 aliphatic rings. The first kappa shape index (κ1) is 34.4. The zero-order chi connectivity index (χ0) is 33.4. The lowest BCUT2D eigenvalue weighted by molar-refractivity contribution is -0.384. The Hall–Kier alpha value is -4.45. The molecule has 4 rings (SSSR count). The molecule has 46 heavy (non-hydrogen) atoms. The summed E-state index contributed by atoms with van der Waals surface area (Å²) >= 11 is 12.6. The monoisotopic (exact) mass is 682 g/mol. The highest BCUT2D eigenvalue weighted by Gasteiger charge is 2.35. The lowest BCUT2D eigenvalue weighted by atomic mass is 10.0. The van der Waals surface area contributed by atoms with Crippen LogP contribution in [-0.2, 0) is 32.6 Å². The number of rotatable bonds is 13. The number of halogens is 2. The van der Waals surface area contributed by atoms with Crippen LogP contribution in [0, 0.1) is 10.1 Å².